The number of carbonyl (C=O) groups excluding carboxylic acids is 2. The van der Waals surface area contributed by atoms with Gasteiger partial charge in [0.05, 0.1) is 11.6 Å². The smallest absolute Gasteiger partial charge is 0.251 e. The fourth-order valence-corrected chi connectivity index (χ4v) is 3.76. The van der Waals surface area contributed by atoms with Crippen LogP contribution in [0.15, 0.2) is 46.9 Å². The van der Waals surface area contributed by atoms with E-state index in [2.05, 4.69) is 21.2 Å². The highest BCUT2D eigenvalue weighted by Gasteiger charge is 2.32. The highest BCUT2D eigenvalue weighted by atomic mass is 79.9. The number of hydrogen-bond acceptors (Lipinski definition) is 3. The van der Waals surface area contributed by atoms with Gasteiger partial charge in [0.25, 0.3) is 5.91 Å². The molecular formula is C22H25BrN2O3. The van der Waals surface area contributed by atoms with E-state index < -0.39 is 0 Å². The number of nitrogens with one attached hydrogen (secondary N) is 1. The van der Waals surface area contributed by atoms with E-state index in [-0.39, 0.29) is 11.8 Å². The molecule has 3 rings (SSSR count). The van der Waals surface area contributed by atoms with E-state index in [1.165, 1.54) is 0 Å². The molecule has 6 heteroatoms. The van der Waals surface area contributed by atoms with E-state index >= 15 is 0 Å². The highest BCUT2D eigenvalue weighted by molar-refractivity contribution is 9.10. The van der Waals surface area contributed by atoms with Crippen molar-refractivity contribution in [2.45, 2.75) is 38.3 Å². The lowest BCUT2D eigenvalue weighted by atomic mass is 10.1. The molecule has 0 radical (unpaired) electrons. The number of methoxy groups -OCH3 is 1. The number of amides is 2. The minimum atomic E-state index is -0.104. The zero-order valence-electron chi connectivity index (χ0n) is 16.2. The Morgan fingerprint density at radius 3 is 2.39 bits per heavy atom. The van der Waals surface area contributed by atoms with Crippen molar-refractivity contribution in [2.75, 3.05) is 14.2 Å². The zero-order valence-corrected chi connectivity index (χ0v) is 17.8. The molecule has 2 aromatic rings. The molecule has 0 spiro atoms. The maximum absolute atomic E-state index is 12.9. The summed E-state index contributed by atoms with van der Waals surface area (Å²) in [6.45, 7) is 0.587. The number of halogens is 1. The van der Waals surface area contributed by atoms with Crippen molar-refractivity contribution in [3.05, 3.63) is 63.6 Å². The van der Waals surface area contributed by atoms with Crippen LogP contribution in [-0.4, -0.2) is 36.9 Å². The van der Waals surface area contributed by atoms with Crippen LogP contribution in [0.25, 0.3) is 0 Å². The molecule has 1 fully saturated rings. The summed E-state index contributed by atoms with van der Waals surface area (Å²) >= 11 is 3.49. The van der Waals surface area contributed by atoms with E-state index in [1.54, 1.807) is 26.3 Å². The van der Waals surface area contributed by atoms with Crippen LogP contribution >= 0.6 is 15.9 Å². The summed E-state index contributed by atoms with van der Waals surface area (Å²) in [6.07, 6.45) is 3.30. The Labute approximate surface area is 174 Å². The Morgan fingerprint density at radius 2 is 1.82 bits per heavy atom. The first-order valence-corrected chi connectivity index (χ1v) is 10.2. The van der Waals surface area contributed by atoms with Gasteiger partial charge in [-0.2, -0.15) is 0 Å². The topological polar surface area (TPSA) is 58.6 Å². The van der Waals surface area contributed by atoms with Gasteiger partial charge in [-0.3, -0.25) is 9.59 Å². The lowest BCUT2D eigenvalue weighted by molar-refractivity contribution is -0.132. The Kier molecular flexibility index (Phi) is 6.73. The van der Waals surface area contributed by atoms with Crippen LogP contribution in [0, 0.1) is 0 Å². The number of nitrogens with zero attached hydrogens (tertiary/aromatic N) is 1. The predicted octanol–water partition coefficient (Wildman–Crippen LogP) is 3.94. The Hall–Kier alpha value is -2.34. The van der Waals surface area contributed by atoms with Crippen LogP contribution < -0.4 is 10.1 Å². The van der Waals surface area contributed by atoms with Gasteiger partial charge in [-0.05, 0) is 70.6 Å². The van der Waals surface area contributed by atoms with Crippen molar-refractivity contribution in [1.29, 1.82) is 0 Å². The van der Waals surface area contributed by atoms with Crippen molar-refractivity contribution >= 4 is 27.7 Å². The summed E-state index contributed by atoms with van der Waals surface area (Å²) in [7, 11) is 3.25. The van der Waals surface area contributed by atoms with Gasteiger partial charge in [0.15, 0.2) is 0 Å². The lowest BCUT2D eigenvalue weighted by Crippen LogP contribution is -2.32. The van der Waals surface area contributed by atoms with Gasteiger partial charge in [-0.1, -0.05) is 18.2 Å². The molecule has 2 aromatic carbocycles. The molecule has 0 atom stereocenters. The van der Waals surface area contributed by atoms with Crippen LogP contribution in [0.1, 0.15) is 40.7 Å². The van der Waals surface area contributed by atoms with Gasteiger partial charge in [-0.15, -0.1) is 0 Å². The van der Waals surface area contributed by atoms with E-state index in [9.17, 15) is 9.59 Å². The van der Waals surface area contributed by atoms with Crippen LogP contribution in [0.4, 0.5) is 0 Å². The van der Waals surface area contributed by atoms with E-state index in [0.717, 1.165) is 34.2 Å². The quantitative estimate of drug-likeness (QED) is 0.670. The minimum absolute atomic E-state index is 0.104. The van der Waals surface area contributed by atoms with Gasteiger partial charge < -0.3 is 15.0 Å². The predicted molar refractivity (Wildman–Crippen MR) is 112 cm³/mol. The lowest BCUT2D eigenvalue weighted by Gasteiger charge is -2.23. The molecular weight excluding hydrogens is 420 g/mol. The first-order valence-electron chi connectivity index (χ1n) is 9.44. The summed E-state index contributed by atoms with van der Waals surface area (Å²) in [4.78, 5) is 26.5. The second kappa shape index (κ2) is 9.24. The number of rotatable bonds is 8. The number of benzene rings is 2. The van der Waals surface area contributed by atoms with Crippen LogP contribution in [0.5, 0.6) is 5.75 Å². The molecule has 1 saturated carbocycles. The molecule has 1 N–H and O–H groups in total. The van der Waals surface area contributed by atoms with E-state index in [0.29, 0.717) is 31.0 Å². The first kappa shape index (κ1) is 20.4. The van der Waals surface area contributed by atoms with Gasteiger partial charge in [-0.25, -0.2) is 0 Å². The molecule has 148 valence electrons. The second-order valence-corrected chi connectivity index (χ2v) is 7.85. The molecule has 0 heterocycles. The summed E-state index contributed by atoms with van der Waals surface area (Å²) in [5, 5.41) is 2.62. The van der Waals surface area contributed by atoms with E-state index in [4.69, 9.17) is 4.74 Å². The first-order chi connectivity index (χ1) is 13.5. The van der Waals surface area contributed by atoms with Crippen molar-refractivity contribution in [1.82, 2.24) is 10.2 Å². The van der Waals surface area contributed by atoms with Crippen LogP contribution in [0.3, 0.4) is 0 Å². The minimum Gasteiger partial charge on any atom is -0.496 e. The molecule has 1 aliphatic rings. The van der Waals surface area contributed by atoms with Crippen molar-refractivity contribution in [2.24, 2.45) is 0 Å². The summed E-state index contributed by atoms with van der Waals surface area (Å²) in [5.74, 6) is 0.854. The Balaban J connectivity index is 1.61. The van der Waals surface area contributed by atoms with Gasteiger partial charge in [0.2, 0.25) is 5.91 Å². The fourth-order valence-electron chi connectivity index (χ4n) is 3.17. The maximum Gasteiger partial charge on any atom is 0.251 e. The maximum atomic E-state index is 12.9. The van der Waals surface area contributed by atoms with Gasteiger partial charge in [0.1, 0.15) is 5.75 Å². The monoisotopic (exact) mass is 444 g/mol. The third-order valence-electron chi connectivity index (χ3n) is 4.95. The normalized spacial score (nSPS) is 13.1. The molecule has 0 saturated heterocycles. The van der Waals surface area contributed by atoms with Gasteiger partial charge in [0, 0.05) is 31.6 Å². The second-order valence-electron chi connectivity index (χ2n) is 7.00. The average molecular weight is 445 g/mol. The third-order valence-corrected chi connectivity index (χ3v) is 5.57. The molecule has 5 nitrogen and oxygen atoms in total. The molecule has 2 amide bonds. The zero-order chi connectivity index (χ0) is 20.1. The largest absolute Gasteiger partial charge is 0.496 e. The van der Waals surface area contributed by atoms with E-state index in [1.807, 2.05) is 35.2 Å². The van der Waals surface area contributed by atoms with Crippen LogP contribution in [0.2, 0.25) is 0 Å². The number of hydrogen-bond donors (Lipinski definition) is 1. The molecule has 0 aliphatic heterocycles. The third kappa shape index (κ3) is 5.13. The Bertz CT molecular complexity index is 847. The van der Waals surface area contributed by atoms with Crippen molar-refractivity contribution in [3.63, 3.8) is 0 Å². The molecule has 28 heavy (non-hydrogen) atoms. The Morgan fingerprint density at radius 1 is 1.14 bits per heavy atom. The van der Waals surface area contributed by atoms with Crippen molar-refractivity contribution in [3.8, 4) is 5.75 Å². The standard InChI is InChI=1S/C22H25BrN2O3/c1-24-22(27)17-7-3-16(4-8-17)14-25(18-9-10-18)21(26)12-6-15-5-11-20(28-2)19(23)13-15/h3-5,7-8,11,13,18H,6,9-10,12,14H2,1-2H3,(H,24,27). The molecule has 0 unspecified atom stereocenters. The highest BCUT2D eigenvalue weighted by Crippen LogP contribution is 2.30. The fraction of sp³-hybridized carbons (Fsp3) is 0.364. The molecule has 1 aliphatic carbocycles. The number of carbonyl (C=O) groups is 2. The average Bonchev–Trinajstić information content (AvgIpc) is 3.55. The summed E-state index contributed by atoms with van der Waals surface area (Å²) in [6, 6.07) is 13.7. The number of ether oxygens (including phenoxy) is 1. The van der Waals surface area contributed by atoms with Crippen molar-refractivity contribution < 1.29 is 14.3 Å². The SMILES string of the molecule is CNC(=O)c1ccc(CN(C(=O)CCc2ccc(OC)c(Br)c2)C2CC2)cc1. The molecule has 0 bridgehead atoms. The van der Waals surface area contributed by atoms with Crippen LogP contribution in [-0.2, 0) is 17.8 Å². The van der Waals surface area contributed by atoms with Gasteiger partial charge >= 0.3 is 0 Å². The number of aryl methyl sites for hydroxylation is 1. The molecule has 0 aromatic heterocycles. The summed E-state index contributed by atoms with van der Waals surface area (Å²) < 4.78 is 6.15. The summed E-state index contributed by atoms with van der Waals surface area (Å²) in [5.41, 5.74) is 2.77.